The molecule has 0 saturated heterocycles. The second-order valence-electron chi connectivity index (χ2n) is 4.57. The Morgan fingerprint density at radius 2 is 1.90 bits per heavy atom. The van der Waals surface area contributed by atoms with Gasteiger partial charge in [0.15, 0.2) is 0 Å². The maximum atomic E-state index is 10.9. The molecule has 21 heavy (non-hydrogen) atoms. The number of hydrogen-bond acceptors (Lipinski definition) is 4. The summed E-state index contributed by atoms with van der Waals surface area (Å²) in [5.41, 5.74) is 0.439. The minimum absolute atomic E-state index is 0.0702. The van der Waals surface area contributed by atoms with Gasteiger partial charge >= 0.3 is 12.0 Å². The molecule has 0 amide bonds. The molecule has 5 heteroatoms. The van der Waals surface area contributed by atoms with Crippen molar-refractivity contribution in [1.82, 2.24) is 9.97 Å². The van der Waals surface area contributed by atoms with E-state index in [1.165, 1.54) is 6.20 Å². The largest absolute Gasteiger partial charge is 0.478 e. The fourth-order valence-corrected chi connectivity index (χ4v) is 2.04. The van der Waals surface area contributed by atoms with Crippen LogP contribution in [0, 0.1) is 6.92 Å². The maximum absolute atomic E-state index is 10.9. The highest BCUT2D eigenvalue weighted by Crippen LogP contribution is 2.24. The Hall–Kier alpha value is -2.95. The number of carboxylic acid groups (broad SMARTS) is 1. The summed E-state index contributed by atoms with van der Waals surface area (Å²) in [6.45, 7) is 1.61. The molecule has 0 bridgehead atoms. The molecule has 0 spiro atoms. The number of benzene rings is 2. The van der Waals surface area contributed by atoms with Crippen molar-refractivity contribution in [1.29, 1.82) is 0 Å². The van der Waals surface area contributed by atoms with Crippen LogP contribution >= 0.6 is 0 Å². The van der Waals surface area contributed by atoms with Gasteiger partial charge < -0.3 is 9.84 Å². The lowest BCUT2D eigenvalue weighted by molar-refractivity contribution is 0.0695. The van der Waals surface area contributed by atoms with Crippen LogP contribution in [0.2, 0.25) is 0 Å². The van der Waals surface area contributed by atoms with Crippen LogP contribution in [0.3, 0.4) is 0 Å². The van der Waals surface area contributed by atoms with Crippen molar-refractivity contribution in [2.45, 2.75) is 6.92 Å². The Labute approximate surface area is 120 Å². The fourth-order valence-electron chi connectivity index (χ4n) is 2.04. The Kier molecular flexibility index (Phi) is 3.23. The van der Waals surface area contributed by atoms with E-state index >= 15 is 0 Å². The second-order valence-corrected chi connectivity index (χ2v) is 4.57. The molecular formula is C16H12N2O3. The van der Waals surface area contributed by atoms with E-state index in [0.717, 1.165) is 10.8 Å². The first-order valence-electron chi connectivity index (χ1n) is 6.37. The van der Waals surface area contributed by atoms with E-state index in [2.05, 4.69) is 9.97 Å². The maximum Gasteiger partial charge on any atom is 0.339 e. The van der Waals surface area contributed by atoms with Crippen LogP contribution in [0.15, 0.2) is 48.7 Å². The molecule has 1 N–H and O–H groups in total. The van der Waals surface area contributed by atoms with Gasteiger partial charge in [-0.05, 0) is 29.8 Å². The summed E-state index contributed by atoms with van der Waals surface area (Å²) in [7, 11) is 0. The molecule has 3 rings (SSSR count). The Morgan fingerprint density at radius 3 is 2.62 bits per heavy atom. The number of aromatic nitrogens is 2. The number of nitrogens with zero attached hydrogens (tertiary/aromatic N) is 2. The highest BCUT2D eigenvalue weighted by Gasteiger charge is 2.11. The number of ether oxygens (including phenoxy) is 1. The molecule has 1 heterocycles. The van der Waals surface area contributed by atoms with Crippen molar-refractivity contribution in [3.8, 4) is 11.8 Å². The lowest BCUT2D eigenvalue weighted by atomic mass is 10.1. The zero-order valence-electron chi connectivity index (χ0n) is 11.3. The van der Waals surface area contributed by atoms with Crippen molar-refractivity contribution in [2.24, 2.45) is 0 Å². The van der Waals surface area contributed by atoms with Gasteiger partial charge in [-0.15, -0.1) is 0 Å². The zero-order chi connectivity index (χ0) is 14.8. The predicted octanol–water partition coefficient (Wildman–Crippen LogP) is 3.43. The predicted molar refractivity (Wildman–Crippen MR) is 77.8 cm³/mol. The standard InChI is InChI=1S/C16H12N2O3/c1-10-14(15(19)20)9-17-16(18-10)21-13-7-6-11-4-2-3-5-12(11)8-13/h2-9H,1H3,(H,19,20). The number of hydrogen-bond donors (Lipinski definition) is 1. The lowest BCUT2D eigenvalue weighted by Crippen LogP contribution is -2.04. The van der Waals surface area contributed by atoms with Crippen molar-refractivity contribution in [3.05, 3.63) is 59.9 Å². The average Bonchev–Trinajstić information content (AvgIpc) is 2.47. The van der Waals surface area contributed by atoms with Gasteiger partial charge in [-0.2, -0.15) is 4.98 Å². The summed E-state index contributed by atoms with van der Waals surface area (Å²) in [4.78, 5) is 18.9. The van der Waals surface area contributed by atoms with Gasteiger partial charge in [0.2, 0.25) is 0 Å². The number of aromatic carboxylic acids is 1. The topological polar surface area (TPSA) is 72.3 Å². The molecule has 0 saturated carbocycles. The van der Waals surface area contributed by atoms with E-state index in [-0.39, 0.29) is 11.6 Å². The molecule has 1 aromatic heterocycles. The van der Waals surface area contributed by atoms with Crippen molar-refractivity contribution >= 4 is 16.7 Å². The van der Waals surface area contributed by atoms with E-state index in [0.29, 0.717) is 11.4 Å². The van der Waals surface area contributed by atoms with E-state index in [9.17, 15) is 4.79 Å². The molecule has 0 aliphatic carbocycles. The number of fused-ring (bicyclic) bond motifs is 1. The Morgan fingerprint density at radius 1 is 1.14 bits per heavy atom. The van der Waals surface area contributed by atoms with E-state index < -0.39 is 5.97 Å². The molecule has 0 unspecified atom stereocenters. The van der Waals surface area contributed by atoms with Crippen LogP contribution in [0.5, 0.6) is 11.8 Å². The molecule has 2 aromatic carbocycles. The van der Waals surface area contributed by atoms with E-state index in [1.807, 2.05) is 42.5 Å². The quantitative estimate of drug-likeness (QED) is 0.795. The molecule has 0 atom stereocenters. The fraction of sp³-hybridized carbons (Fsp3) is 0.0625. The average molecular weight is 280 g/mol. The first-order valence-corrected chi connectivity index (χ1v) is 6.37. The minimum atomic E-state index is -1.05. The molecule has 104 valence electrons. The van der Waals surface area contributed by atoms with Gasteiger partial charge in [0.1, 0.15) is 5.75 Å². The third-order valence-corrected chi connectivity index (χ3v) is 3.12. The third kappa shape index (κ3) is 2.67. The number of carbonyl (C=O) groups is 1. The number of aryl methyl sites for hydroxylation is 1. The van der Waals surface area contributed by atoms with Crippen molar-refractivity contribution < 1.29 is 14.6 Å². The van der Waals surface area contributed by atoms with Crippen LogP contribution in [0.1, 0.15) is 16.1 Å². The number of rotatable bonds is 3. The molecule has 0 aliphatic rings. The van der Waals surface area contributed by atoms with Crippen LogP contribution in [-0.2, 0) is 0 Å². The van der Waals surface area contributed by atoms with Gasteiger partial charge in [0.05, 0.1) is 11.3 Å². The normalized spacial score (nSPS) is 10.5. The second kappa shape index (κ2) is 5.20. The van der Waals surface area contributed by atoms with Crippen LogP contribution in [0.4, 0.5) is 0 Å². The molecule has 0 fully saturated rings. The third-order valence-electron chi connectivity index (χ3n) is 3.12. The lowest BCUT2D eigenvalue weighted by Gasteiger charge is -2.06. The Bertz CT molecular complexity index is 831. The highest BCUT2D eigenvalue weighted by molar-refractivity contribution is 5.88. The van der Waals surface area contributed by atoms with Gasteiger partial charge in [0.25, 0.3) is 0 Å². The number of carboxylic acids is 1. The monoisotopic (exact) mass is 280 g/mol. The molecular weight excluding hydrogens is 268 g/mol. The van der Waals surface area contributed by atoms with Crippen molar-refractivity contribution in [3.63, 3.8) is 0 Å². The van der Waals surface area contributed by atoms with Crippen molar-refractivity contribution in [2.75, 3.05) is 0 Å². The zero-order valence-corrected chi connectivity index (χ0v) is 11.3. The van der Waals surface area contributed by atoms with Crippen LogP contribution in [0.25, 0.3) is 10.8 Å². The Balaban J connectivity index is 1.91. The SMILES string of the molecule is Cc1nc(Oc2ccc3ccccc3c2)ncc1C(=O)O. The summed E-state index contributed by atoms with van der Waals surface area (Å²) in [6, 6.07) is 13.7. The van der Waals surface area contributed by atoms with Gasteiger partial charge in [-0.3, -0.25) is 0 Å². The van der Waals surface area contributed by atoms with Crippen LogP contribution in [-0.4, -0.2) is 21.0 Å². The summed E-state index contributed by atoms with van der Waals surface area (Å²) >= 11 is 0. The first kappa shape index (κ1) is 13.1. The van der Waals surface area contributed by atoms with E-state index in [1.54, 1.807) is 6.92 Å². The van der Waals surface area contributed by atoms with E-state index in [4.69, 9.17) is 9.84 Å². The summed E-state index contributed by atoms with van der Waals surface area (Å²) in [5.74, 6) is -0.444. The summed E-state index contributed by atoms with van der Waals surface area (Å²) in [5, 5.41) is 11.1. The minimum Gasteiger partial charge on any atom is -0.478 e. The molecule has 5 nitrogen and oxygen atoms in total. The van der Waals surface area contributed by atoms with Gasteiger partial charge in [0, 0.05) is 6.20 Å². The highest BCUT2D eigenvalue weighted by atomic mass is 16.5. The van der Waals surface area contributed by atoms with Gasteiger partial charge in [-0.25, -0.2) is 9.78 Å². The van der Waals surface area contributed by atoms with Crippen LogP contribution < -0.4 is 4.74 Å². The molecule has 0 radical (unpaired) electrons. The summed E-state index contributed by atoms with van der Waals surface area (Å²) < 4.78 is 5.59. The first-order chi connectivity index (χ1) is 10.1. The van der Waals surface area contributed by atoms with Gasteiger partial charge in [-0.1, -0.05) is 30.3 Å². The molecule has 3 aromatic rings. The molecule has 0 aliphatic heterocycles. The summed E-state index contributed by atoms with van der Waals surface area (Å²) in [6.07, 6.45) is 1.25. The smallest absolute Gasteiger partial charge is 0.339 e.